The van der Waals surface area contributed by atoms with Crippen LogP contribution >= 0.6 is 15.9 Å². The maximum Gasteiger partial charge on any atom is 0.242 e. The summed E-state index contributed by atoms with van der Waals surface area (Å²) in [5, 5.41) is 2.59. The number of carbonyl (C=O) groups is 1. The van der Waals surface area contributed by atoms with Gasteiger partial charge in [-0.05, 0) is 34.5 Å². The highest BCUT2D eigenvalue weighted by atomic mass is 79.9. The van der Waals surface area contributed by atoms with Crippen LogP contribution in [0, 0.1) is 0 Å². The zero-order chi connectivity index (χ0) is 13.6. The Morgan fingerprint density at radius 3 is 2.61 bits per heavy atom. The first-order chi connectivity index (χ1) is 8.47. The third kappa shape index (κ3) is 4.40. The third-order valence-electron chi connectivity index (χ3n) is 2.12. The predicted octanol–water partition coefficient (Wildman–Crippen LogP) is 1.25. The molecule has 1 aromatic rings. The average Bonchev–Trinajstić information content (AvgIpc) is 2.34. The minimum absolute atomic E-state index is 0.119. The maximum atomic E-state index is 11.9. The molecule has 100 valence electrons. The van der Waals surface area contributed by atoms with Gasteiger partial charge in [-0.1, -0.05) is 19.1 Å². The van der Waals surface area contributed by atoms with E-state index in [9.17, 15) is 13.2 Å². The van der Waals surface area contributed by atoms with E-state index in [4.69, 9.17) is 0 Å². The van der Waals surface area contributed by atoms with E-state index in [1.165, 1.54) is 6.07 Å². The van der Waals surface area contributed by atoms with Gasteiger partial charge in [-0.25, -0.2) is 13.1 Å². The van der Waals surface area contributed by atoms with Crippen LogP contribution in [-0.4, -0.2) is 27.4 Å². The number of amides is 1. The van der Waals surface area contributed by atoms with Crippen LogP contribution in [0.4, 0.5) is 0 Å². The molecule has 0 aliphatic heterocycles. The molecule has 1 aromatic carbocycles. The molecule has 0 aliphatic carbocycles. The molecule has 2 N–H and O–H groups in total. The second-order valence-corrected chi connectivity index (χ2v) is 6.19. The Labute approximate surface area is 115 Å². The van der Waals surface area contributed by atoms with E-state index in [2.05, 4.69) is 26.0 Å². The Bertz CT molecular complexity index is 517. The van der Waals surface area contributed by atoms with Gasteiger partial charge in [-0.2, -0.15) is 0 Å². The maximum absolute atomic E-state index is 11.9. The van der Waals surface area contributed by atoms with Crippen LogP contribution in [0.5, 0.6) is 0 Å². The van der Waals surface area contributed by atoms with Gasteiger partial charge in [-0.3, -0.25) is 4.79 Å². The topological polar surface area (TPSA) is 75.3 Å². The molecule has 18 heavy (non-hydrogen) atoms. The number of rotatable bonds is 6. The van der Waals surface area contributed by atoms with Gasteiger partial charge in [-0.15, -0.1) is 0 Å². The Morgan fingerprint density at radius 2 is 2.00 bits per heavy atom. The van der Waals surface area contributed by atoms with Gasteiger partial charge in [0.25, 0.3) is 0 Å². The fraction of sp³-hybridized carbons (Fsp3) is 0.364. The first-order valence-electron chi connectivity index (χ1n) is 5.48. The van der Waals surface area contributed by atoms with Crippen LogP contribution in [0.15, 0.2) is 33.6 Å². The Balaban J connectivity index is 2.67. The highest BCUT2D eigenvalue weighted by Gasteiger charge is 2.17. The van der Waals surface area contributed by atoms with E-state index in [1.807, 2.05) is 6.92 Å². The van der Waals surface area contributed by atoms with E-state index in [0.717, 1.165) is 6.42 Å². The number of carbonyl (C=O) groups excluding carboxylic acids is 1. The van der Waals surface area contributed by atoms with Crippen molar-refractivity contribution in [1.29, 1.82) is 0 Å². The molecule has 0 heterocycles. The number of hydrogen-bond donors (Lipinski definition) is 2. The summed E-state index contributed by atoms with van der Waals surface area (Å²) in [7, 11) is -3.67. The van der Waals surface area contributed by atoms with Crippen molar-refractivity contribution in [3.63, 3.8) is 0 Å². The van der Waals surface area contributed by atoms with Crippen molar-refractivity contribution in [2.24, 2.45) is 0 Å². The van der Waals surface area contributed by atoms with Crippen LogP contribution in [0.2, 0.25) is 0 Å². The number of hydrogen-bond acceptors (Lipinski definition) is 3. The molecule has 5 nitrogen and oxygen atoms in total. The lowest BCUT2D eigenvalue weighted by Crippen LogP contribution is -2.37. The van der Waals surface area contributed by atoms with Crippen molar-refractivity contribution in [3.05, 3.63) is 28.7 Å². The minimum Gasteiger partial charge on any atom is -0.355 e. The third-order valence-corrected chi connectivity index (χ3v) is 4.53. The largest absolute Gasteiger partial charge is 0.355 e. The van der Waals surface area contributed by atoms with E-state index in [1.54, 1.807) is 18.2 Å². The van der Waals surface area contributed by atoms with Crippen molar-refractivity contribution in [2.75, 3.05) is 13.1 Å². The van der Waals surface area contributed by atoms with E-state index in [0.29, 0.717) is 11.0 Å². The molecule has 0 aromatic heterocycles. The zero-order valence-corrected chi connectivity index (χ0v) is 12.3. The van der Waals surface area contributed by atoms with Gasteiger partial charge in [0.15, 0.2) is 0 Å². The summed E-state index contributed by atoms with van der Waals surface area (Å²) in [4.78, 5) is 11.4. The molecule has 7 heteroatoms. The molecular weight excluding hydrogens is 320 g/mol. The smallest absolute Gasteiger partial charge is 0.242 e. The molecule has 0 saturated heterocycles. The molecule has 0 fully saturated rings. The molecule has 0 atom stereocenters. The molecule has 1 amide bonds. The summed E-state index contributed by atoms with van der Waals surface area (Å²) < 4.78 is 26.5. The lowest BCUT2D eigenvalue weighted by molar-refractivity contribution is -0.119. The normalized spacial score (nSPS) is 11.2. The summed E-state index contributed by atoms with van der Waals surface area (Å²) in [6.07, 6.45) is 0.808. The molecule has 0 unspecified atom stereocenters. The first kappa shape index (κ1) is 15.1. The predicted molar refractivity (Wildman–Crippen MR) is 72.6 cm³/mol. The van der Waals surface area contributed by atoms with Crippen LogP contribution in [0.25, 0.3) is 0 Å². The van der Waals surface area contributed by atoms with Crippen molar-refractivity contribution in [2.45, 2.75) is 18.2 Å². The lowest BCUT2D eigenvalue weighted by Gasteiger charge is -2.08. The van der Waals surface area contributed by atoms with E-state index < -0.39 is 10.0 Å². The van der Waals surface area contributed by atoms with Crippen LogP contribution in [0.1, 0.15) is 13.3 Å². The number of halogens is 1. The SMILES string of the molecule is CCCNC(=O)CNS(=O)(=O)c1ccccc1Br. The quantitative estimate of drug-likeness (QED) is 0.822. The van der Waals surface area contributed by atoms with Crippen molar-refractivity contribution < 1.29 is 13.2 Å². The number of nitrogens with one attached hydrogen (secondary N) is 2. The summed E-state index contributed by atoms with van der Waals surface area (Å²) in [5.41, 5.74) is 0. The minimum atomic E-state index is -3.67. The zero-order valence-electron chi connectivity index (χ0n) is 9.94. The molecule has 0 radical (unpaired) electrons. The molecule has 0 saturated carbocycles. The standard InChI is InChI=1S/C11H15BrN2O3S/c1-2-7-13-11(15)8-14-18(16,17)10-6-4-3-5-9(10)12/h3-6,14H,2,7-8H2,1H3,(H,13,15). The Kier molecular flexibility index (Phi) is 5.77. The Hall–Kier alpha value is -0.920. The Morgan fingerprint density at radius 1 is 1.33 bits per heavy atom. The van der Waals surface area contributed by atoms with E-state index >= 15 is 0 Å². The van der Waals surface area contributed by atoms with Crippen LogP contribution in [-0.2, 0) is 14.8 Å². The highest BCUT2D eigenvalue weighted by molar-refractivity contribution is 9.10. The van der Waals surface area contributed by atoms with Crippen molar-refractivity contribution >= 4 is 31.9 Å². The van der Waals surface area contributed by atoms with E-state index in [-0.39, 0.29) is 17.3 Å². The number of sulfonamides is 1. The van der Waals surface area contributed by atoms with Crippen LogP contribution in [0.3, 0.4) is 0 Å². The van der Waals surface area contributed by atoms with Crippen LogP contribution < -0.4 is 10.0 Å². The van der Waals surface area contributed by atoms with Gasteiger partial charge in [0, 0.05) is 11.0 Å². The monoisotopic (exact) mass is 334 g/mol. The lowest BCUT2D eigenvalue weighted by atomic mass is 10.4. The summed E-state index contributed by atoms with van der Waals surface area (Å²) in [6, 6.07) is 6.44. The molecule has 0 aliphatic rings. The molecular formula is C11H15BrN2O3S. The highest BCUT2D eigenvalue weighted by Crippen LogP contribution is 2.20. The van der Waals surface area contributed by atoms with Crippen molar-refractivity contribution in [3.8, 4) is 0 Å². The van der Waals surface area contributed by atoms with Gasteiger partial charge in [0.05, 0.1) is 11.4 Å². The summed E-state index contributed by atoms with van der Waals surface area (Å²) >= 11 is 3.16. The van der Waals surface area contributed by atoms with Gasteiger partial charge in [0.1, 0.15) is 0 Å². The van der Waals surface area contributed by atoms with Gasteiger partial charge in [0.2, 0.25) is 15.9 Å². The average molecular weight is 335 g/mol. The fourth-order valence-electron chi connectivity index (χ4n) is 1.23. The van der Waals surface area contributed by atoms with Gasteiger partial charge < -0.3 is 5.32 Å². The molecule has 0 bridgehead atoms. The second-order valence-electron chi connectivity index (χ2n) is 3.60. The van der Waals surface area contributed by atoms with Crippen molar-refractivity contribution in [1.82, 2.24) is 10.0 Å². The fourth-order valence-corrected chi connectivity index (χ4v) is 3.21. The summed E-state index contributed by atoms with van der Waals surface area (Å²) in [6.45, 7) is 2.20. The van der Waals surface area contributed by atoms with Gasteiger partial charge >= 0.3 is 0 Å². The molecule has 1 rings (SSSR count). The second kappa shape index (κ2) is 6.86. The molecule has 0 spiro atoms. The summed E-state index contributed by atoms with van der Waals surface area (Å²) in [5.74, 6) is -0.340. The number of benzene rings is 1. The first-order valence-corrected chi connectivity index (χ1v) is 7.76.